The fourth-order valence-electron chi connectivity index (χ4n) is 1.51. The number of thioether (sulfide) groups is 1. The van der Waals surface area contributed by atoms with Gasteiger partial charge in [-0.15, -0.1) is 0 Å². The molecule has 0 radical (unpaired) electrons. The summed E-state index contributed by atoms with van der Waals surface area (Å²) in [6, 6.07) is 0.406. The molecule has 0 saturated carbocycles. The minimum absolute atomic E-state index is 0.406. The molecule has 10 heavy (non-hydrogen) atoms. The molecule has 2 N–H and O–H groups in total. The summed E-state index contributed by atoms with van der Waals surface area (Å²) in [5.41, 5.74) is 5.82. The van der Waals surface area contributed by atoms with E-state index in [0.717, 1.165) is 11.2 Å². The van der Waals surface area contributed by atoms with Crippen LogP contribution in [0.25, 0.3) is 0 Å². The van der Waals surface area contributed by atoms with E-state index in [9.17, 15) is 0 Å². The fraction of sp³-hybridized carbons (Fsp3) is 1.00. The van der Waals surface area contributed by atoms with Crippen molar-refractivity contribution in [3.8, 4) is 0 Å². The van der Waals surface area contributed by atoms with Crippen LogP contribution in [0.15, 0.2) is 0 Å². The van der Waals surface area contributed by atoms with Gasteiger partial charge in [-0.3, -0.25) is 0 Å². The van der Waals surface area contributed by atoms with Crippen LogP contribution in [0.3, 0.4) is 0 Å². The number of hydrogen-bond donors (Lipinski definition) is 1. The molecule has 0 bridgehead atoms. The fourth-order valence-corrected chi connectivity index (χ4v) is 2.73. The summed E-state index contributed by atoms with van der Waals surface area (Å²) in [7, 11) is 0. The highest BCUT2D eigenvalue weighted by Crippen LogP contribution is 2.30. The van der Waals surface area contributed by atoms with Crippen LogP contribution in [0.5, 0.6) is 0 Å². The number of nitrogens with two attached hydrogens (primary N) is 1. The first-order valence-electron chi connectivity index (χ1n) is 4.07. The van der Waals surface area contributed by atoms with Crippen LogP contribution >= 0.6 is 11.8 Å². The van der Waals surface area contributed by atoms with Gasteiger partial charge >= 0.3 is 0 Å². The molecule has 1 aliphatic heterocycles. The zero-order valence-electron chi connectivity index (χ0n) is 6.84. The van der Waals surface area contributed by atoms with Crippen molar-refractivity contribution in [2.24, 2.45) is 11.7 Å². The predicted molar refractivity (Wildman–Crippen MR) is 48.3 cm³/mol. The lowest BCUT2D eigenvalue weighted by Crippen LogP contribution is -2.31. The highest BCUT2D eigenvalue weighted by Gasteiger charge is 2.21. The van der Waals surface area contributed by atoms with Gasteiger partial charge in [0.1, 0.15) is 0 Å². The molecule has 0 aromatic heterocycles. The largest absolute Gasteiger partial charge is 0.328 e. The Kier molecular flexibility index (Phi) is 3.05. The van der Waals surface area contributed by atoms with E-state index >= 15 is 0 Å². The number of rotatable bonds is 1. The highest BCUT2D eigenvalue weighted by molar-refractivity contribution is 7.99. The molecule has 0 amide bonds. The molecule has 2 heteroatoms. The van der Waals surface area contributed by atoms with Crippen molar-refractivity contribution in [1.82, 2.24) is 0 Å². The minimum atomic E-state index is 0.406. The smallest absolute Gasteiger partial charge is 0.00394 e. The van der Waals surface area contributed by atoms with Gasteiger partial charge in [-0.2, -0.15) is 11.8 Å². The maximum Gasteiger partial charge on any atom is 0.00394 e. The van der Waals surface area contributed by atoms with E-state index < -0.39 is 0 Å². The zero-order chi connectivity index (χ0) is 7.56. The molecule has 1 fully saturated rings. The van der Waals surface area contributed by atoms with Gasteiger partial charge in [-0.05, 0) is 31.4 Å². The number of hydrogen-bond acceptors (Lipinski definition) is 2. The van der Waals surface area contributed by atoms with Gasteiger partial charge in [-0.1, -0.05) is 6.92 Å². The third-order valence-corrected chi connectivity index (χ3v) is 3.50. The maximum absolute atomic E-state index is 5.82. The third kappa shape index (κ3) is 2.17. The molecule has 1 nitrogen and oxygen atoms in total. The Hall–Kier alpha value is 0.310. The van der Waals surface area contributed by atoms with Crippen molar-refractivity contribution in [2.75, 3.05) is 5.75 Å². The van der Waals surface area contributed by atoms with Gasteiger partial charge in [0.25, 0.3) is 0 Å². The second kappa shape index (κ2) is 3.63. The highest BCUT2D eigenvalue weighted by atomic mass is 32.2. The molecule has 0 aromatic carbocycles. The monoisotopic (exact) mass is 159 g/mol. The van der Waals surface area contributed by atoms with Gasteiger partial charge in [0.2, 0.25) is 0 Å². The summed E-state index contributed by atoms with van der Waals surface area (Å²) in [5.74, 6) is 2.10. The standard InChI is InChI=1S/C8H17NS/c1-6-5-8(7(2)9)3-4-10-6/h6-8H,3-5,9H2,1-2H3. The van der Waals surface area contributed by atoms with Crippen LogP contribution in [0, 0.1) is 5.92 Å². The van der Waals surface area contributed by atoms with Crippen LogP contribution in [0.2, 0.25) is 0 Å². The van der Waals surface area contributed by atoms with Gasteiger partial charge in [-0.25, -0.2) is 0 Å². The molecule has 3 atom stereocenters. The average molecular weight is 159 g/mol. The molecule has 0 aliphatic carbocycles. The Morgan fingerprint density at radius 3 is 2.70 bits per heavy atom. The molecule has 1 aliphatic rings. The van der Waals surface area contributed by atoms with Crippen molar-refractivity contribution < 1.29 is 0 Å². The Morgan fingerprint density at radius 1 is 1.60 bits per heavy atom. The summed E-state index contributed by atoms with van der Waals surface area (Å²) in [6.07, 6.45) is 2.65. The first kappa shape index (κ1) is 8.41. The molecule has 3 unspecified atom stereocenters. The van der Waals surface area contributed by atoms with Gasteiger partial charge in [0.05, 0.1) is 0 Å². The Bertz CT molecular complexity index is 103. The maximum atomic E-state index is 5.82. The van der Waals surface area contributed by atoms with Crippen LogP contribution in [0.1, 0.15) is 26.7 Å². The quantitative estimate of drug-likeness (QED) is 0.632. The molecule has 0 spiro atoms. The van der Waals surface area contributed by atoms with Crippen LogP contribution in [-0.2, 0) is 0 Å². The molecule has 1 saturated heterocycles. The zero-order valence-corrected chi connectivity index (χ0v) is 7.66. The minimum Gasteiger partial charge on any atom is -0.328 e. The Labute approximate surface area is 67.8 Å². The molecular weight excluding hydrogens is 142 g/mol. The van der Waals surface area contributed by atoms with Crippen molar-refractivity contribution in [1.29, 1.82) is 0 Å². The van der Waals surface area contributed by atoms with Crippen molar-refractivity contribution in [2.45, 2.75) is 38.0 Å². The summed E-state index contributed by atoms with van der Waals surface area (Å²) >= 11 is 2.08. The van der Waals surface area contributed by atoms with Crippen molar-refractivity contribution >= 4 is 11.8 Å². The normalized spacial score (nSPS) is 37.5. The van der Waals surface area contributed by atoms with Crippen LogP contribution in [-0.4, -0.2) is 17.0 Å². The predicted octanol–water partition coefficient (Wildman–Crippen LogP) is 1.87. The second-order valence-electron chi connectivity index (χ2n) is 3.32. The summed E-state index contributed by atoms with van der Waals surface area (Å²) in [6.45, 7) is 4.44. The van der Waals surface area contributed by atoms with Crippen LogP contribution < -0.4 is 5.73 Å². The Balaban J connectivity index is 2.32. The van der Waals surface area contributed by atoms with E-state index in [1.165, 1.54) is 18.6 Å². The van der Waals surface area contributed by atoms with E-state index in [4.69, 9.17) is 5.73 Å². The third-order valence-electron chi connectivity index (χ3n) is 2.27. The first-order valence-corrected chi connectivity index (χ1v) is 5.12. The van der Waals surface area contributed by atoms with E-state index in [0.29, 0.717) is 6.04 Å². The lowest BCUT2D eigenvalue weighted by Gasteiger charge is -2.28. The Morgan fingerprint density at radius 2 is 2.30 bits per heavy atom. The average Bonchev–Trinajstić information content (AvgIpc) is 1.88. The van der Waals surface area contributed by atoms with Crippen molar-refractivity contribution in [3.05, 3.63) is 0 Å². The van der Waals surface area contributed by atoms with E-state index in [2.05, 4.69) is 25.6 Å². The van der Waals surface area contributed by atoms with Gasteiger partial charge in [0.15, 0.2) is 0 Å². The summed E-state index contributed by atoms with van der Waals surface area (Å²) in [4.78, 5) is 0. The van der Waals surface area contributed by atoms with E-state index in [1.54, 1.807) is 0 Å². The van der Waals surface area contributed by atoms with E-state index in [1.807, 2.05) is 0 Å². The first-order chi connectivity index (χ1) is 4.70. The molecular formula is C8H17NS. The lowest BCUT2D eigenvalue weighted by atomic mass is 9.93. The SMILES string of the molecule is CC1CC(C(C)N)CCS1. The van der Waals surface area contributed by atoms with Gasteiger partial charge < -0.3 is 5.73 Å². The molecule has 1 rings (SSSR count). The van der Waals surface area contributed by atoms with Crippen LogP contribution in [0.4, 0.5) is 0 Å². The van der Waals surface area contributed by atoms with Gasteiger partial charge in [0, 0.05) is 11.3 Å². The summed E-state index contributed by atoms with van der Waals surface area (Å²) in [5, 5.41) is 0.838. The van der Waals surface area contributed by atoms with E-state index in [-0.39, 0.29) is 0 Å². The van der Waals surface area contributed by atoms with Crippen molar-refractivity contribution in [3.63, 3.8) is 0 Å². The molecule has 1 heterocycles. The lowest BCUT2D eigenvalue weighted by molar-refractivity contribution is 0.394. The topological polar surface area (TPSA) is 26.0 Å². The summed E-state index contributed by atoms with van der Waals surface area (Å²) < 4.78 is 0. The molecule has 60 valence electrons. The second-order valence-corrected chi connectivity index (χ2v) is 4.87. The molecule has 0 aromatic rings.